The third kappa shape index (κ3) is 2.91. The molecule has 1 aromatic heterocycles. The second-order valence-electron chi connectivity index (χ2n) is 4.88. The maximum atomic E-state index is 5.95. The molecule has 2 atom stereocenters. The Bertz CT molecular complexity index is 366. The monoisotopic (exact) mass is 252 g/mol. The van der Waals surface area contributed by atoms with E-state index >= 15 is 0 Å². The van der Waals surface area contributed by atoms with Crippen molar-refractivity contribution in [2.24, 2.45) is 5.73 Å². The minimum atomic E-state index is 0.267. The van der Waals surface area contributed by atoms with E-state index in [-0.39, 0.29) is 6.04 Å². The molecule has 0 spiro atoms. The van der Waals surface area contributed by atoms with Crippen molar-refractivity contribution < 1.29 is 4.74 Å². The van der Waals surface area contributed by atoms with Crippen LogP contribution in [-0.2, 0) is 11.3 Å². The number of rotatable bonds is 5. The Labute approximate surface area is 109 Å². The molecule has 18 heavy (non-hydrogen) atoms. The molecule has 0 radical (unpaired) electrons. The predicted octanol–water partition coefficient (Wildman–Crippen LogP) is 1.01. The molecule has 1 saturated heterocycles. The molecule has 0 saturated carbocycles. The van der Waals surface area contributed by atoms with E-state index in [0.29, 0.717) is 12.6 Å². The summed E-state index contributed by atoms with van der Waals surface area (Å²) in [5, 5.41) is 4.34. The number of ether oxygens (including phenoxy) is 1. The largest absolute Gasteiger partial charge is 0.380 e. The van der Waals surface area contributed by atoms with E-state index in [9.17, 15) is 0 Å². The Morgan fingerprint density at radius 1 is 1.61 bits per heavy atom. The highest BCUT2D eigenvalue weighted by atomic mass is 16.5. The average Bonchev–Trinajstić information content (AvgIpc) is 2.88. The van der Waals surface area contributed by atoms with Crippen molar-refractivity contribution in [3.63, 3.8) is 0 Å². The van der Waals surface area contributed by atoms with E-state index in [4.69, 9.17) is 10.5 Å². The van der Waals surface area contributed by atoms with Crippen LogP contribution in [0.3, 0.4) is 0 Å². The molecular formula is C13H24N4O. The predicted molar refractivity (Wildman–Crippen MR) is 71.3 cm³/mol. The summed E-state index contributed by atoms with van der Waals surface area (Å²) < 4.78 is 7.43. The quantitative estimate of drug-likeness (QED) is 0.850. The number of aryl methyl sites for hydroxylation is 1. The lowest BCUT2D eigenvalue weighted by Gasteiger charge is -2.36. The zero-order valence-electron chi connectivity index (χ0n) is 11.4. The van der Waals surface area contributed by atoms with E-state index < -0.39 is 0 Å². The van der Waals surface area contributed by atoms with Crippen molar-refractivity contribution in [1.82, 2.24) is 14.7 Å². The fourth-order valence-corrected chi connectivity index (χ4v) is 2.66. The van der Waals surface area contributed by atoms with Crippen molar-refractivity contribution in [3.05, 3.63) is 18.0 Å². The number of aromatic nitrogens is 2. The van der Waals surface area contributed by atoms with Crippen LogP contribution in [0.25, 0.3) is 0 Å². The molecule has 5 heteroatoms. The Hall–Kier alpha value is -0.910. The van der Waals surface area contributed by atoms with E-state index in [0.717, 1.165) is 26.1 Å². The van der Waals surface area contributed by atoms with Crippen LogP contribution in [-0.4, -0.2) is 47.5 Å². The molecule has 0 amide bonds. The van der Waals surface area contributed by atoms with Gasteiger partial charge in [-0.2, -0.15) is 5.10 Å². The van der Waals surface area contributed by atoms with Crippen LogP contribution in [0.4, 0.5) is 0 Å². The van der Waals surface area contributed by atoms with Crippen molar-refractivity contribution in [2.75, 3.05) is 26.7 Å². The van der Waals surface area contributed by atoms with Gasteiger partial charge in [-0.3, -0.25) is 9.58 Å². The molecule has 0 aromatic carbocycles. The van der Waals surface area contributed by atoms with Crippen LogP contribution in [0.5, 0.6) is 0 Å². The van der Waals surface area contributed by atoms with Crippen molar-refractivity contribution >= 4 is 0 Å². The van der Waals surface area contributed by atoms with Crippen molar-refractivity contribution in [1.29, 1.82) is 0 Å². The lowest BCUT2D eigenvalue weighted by Crippen LogP contribution is -2.43. The molecule has 2 N–H and O–H groups in total. The zero-order chi connectivity index (χ0) is 13.0. The van der Waals surface area contributed by atoms with Gasteiger partial charge in [0.2, 0.25) is 0 Å². The number of nitrogens with two attached hydrogens (primary N) is 1. The number of methoxy groups -OCH3 is 1. The molecule has 0 aliphatic carbocycles. The summed E-state index contributed by atoms with van der Waals surface area (Å²) >= 11 is 0. The Morgan fingerprint density at radius 3 is 3.06 bits per heavy atom. The third-order valence-corrected chi connectivity index (χ3v) is 3.77. The first kappa shape index (κ1) is 13.5. The number of piperidine rings is 1. The van der Waals surface area contributed by atoms with Crippen molar-refractivity contribution in [3.8, 4) is 0 Å². The van der Waals surface area contributed by atoms with Crippen LogP contribution >= 0.6 is 0 Å². The molecular weight excluding hydrogens is 228 g/mol. The molecule has 1 aliphatic heterocycles. The summed E-state index contributed by atoms with van der Waals surface area (Å²) in [6.45, 7) is 5.69. The van der Waals surface area contributed by atoms with Gasteiger partial charge in [-0.05, 0) is 26.3 Å². The summed E-state index contributed by atoms with van der Waals surface area (Å²) in [7, 11) is 1.79. The maximum Gasteiger partial charge on any atom is 0.0698 e. The molecule has 1 fully saturated rings. The fourth-order valence-electron chi connectivity index (χ4n) is 2.66. The van der Waals surface area contributed by atoms with Gasteiger partial charge in [0.25, 0.3) is 0 Å². The molecule has 1 aromatic rings. The molecule has 2 unspecified atom stereocenters. The molecule has 0 bridgehead atoms. The SMILES string of the molecule is CCn1cc(C(CN)N2CCCC(OC)C2)cn1. The van der Waals surface area contributed by atoms with Gasteiger partial charge in [-0.25, -0.2) is 0 Å². The summed E-state index contributed by atoms with van der Waals surface area (Å²) in [5.74, 6) is 0. The normalized spacial score (nSPS) is 23.2. The molecule has 1 aliphatic rings. The fraction of sp³-hybridized carbons (Fsp3) is 0.769. The van der Waals surface area contributed by atoms with Gasteiger partial charge in [0.05, 0.1) is 18.3 Å². The van der Waals surface area contributed by atoms with Crippen molar-refractivity contribution in [2.45, 2.75) is 38.5 Å². The van der Waals surface area contributed by atoms with Gasteiger partial charge in [-0.1, -0.05) is 0 Å². The van der Waals surface area contributed by atoms with E-state index in [1.165, 1.54) is 12.0 Å². The Balaban J connectivity index is 2.07. The van der Waals surface area contributed by atoms with Crippen LogP contribution in [0, 0.1) is 0 Å². The molecule has 5 nitrogen and oxygen atoms in total. The number of hydrogen-bond acceptors (Lipinski definition) is 4. The van der Waals surface area contributed by atoms with Gasteiger partial charge < -0.3 is 10.5 Å². The highest BCUT2D eigenvalue weighted by Gasteiger charge is 2.26. The Kier molecular flexibility index (Phi) is 4.74. The summed E-state index contributed by atoms with van der Waals surface area (Å²) in [4.78, 5) is 2.43. The van der Waals surface area contributed by atoms with Crippen LogP contribution in [0.15, 0.2) is 12.4 Å². The number of hydrogen-bond donors (Lipinski definition) is 1. The molecule has 102 valence electrons. The summed E-state index contributed by atoms with van der Waals surface area (Å²) in [5.41, 5.74) is 7.17. The molecule has 2 heterocycles. The first-order valence-corrected chi connectivity index (χ1v) is 6.77. The van der Waals surface area contributed by atoms with Gasteiger partial charge in [0.1, 0.15) is 0 Å². The highest BCUT2D eigenvalue weighted by molar-refractivity contribution is 5.11. The van der Waals surface area contributed by atoms with Crippen LogP contribution in [0.2, 0.25) is 0 Å². The maximum absolute atomic E-state index is 5.95. The first-order chi connectivity index (χ1) is 8.78. The van der Waals surface area contributed by atoms with E-state index in [2.05, 4.69) is 23.1 Å². The second kappa shape index (κ2) is 6.31. The van der Waals surface area contributed by atoms with Gasteiger partial charge in [-0.15, -0.1) is 0 Å². The summed E-state index contributed by atoms with van der Waals surface area (Å²) in [6, 6.07) is 0.267. The minimum absolute atomic E-state index is 0.267. The van der Waals surface area contributed by atoms with Gasteiger partial charge in [0, 0.05) is 38.5 Å². The second-order valence-corrected chi connectivity index (χ2v) is 4.88. The minimum Gasteiger partial charge on any atom is -0.380 e. The third-order valence-electron chi connectivity index (χ3n) is 3.77. The van der Waals surface area contributed by atoms with E-state index in [1.807, 2.05) is 10.9 Å². The standard InChI is InChI=1S/C13H24N4O/c1-3-17-9-11(8-15-17)13(7-14)16-6-4-5-12(10-16)18-2/h8-9,12-13H,3-7,10,14H2,1-2H3. The summed E-state index contributed by atoms with van der Waals surface area (Å²) in [6.07, 6.45) is 6.72. The first-order valence-electron chi connectivity index (χ1n) is 6.77. The smallest absolute Gasteiger partial charge is 0.0698 e. The number of likely N-dealkylation sites (tertiary alicyclic amines) is 1. The van der Waals surface area contributed by atoms with Crippen LogP contribution < -0.4 is 5.73 Å². The highest BCUT2D eigenvalue weighted by Crippen LogP contribution is 2.24. The number of nitrogens with zero attached hydrogens (tertiary/aromatic N) is 3. The lowest BCUT2D eigenvalue weighted by molar-refractivity contribution is 0.0155. The van der Waals surface area contributed by atoms with Gasteiger partial charge >= 0.3 is 0 Å². The average molecular weight is 252 g/mol. The zero-order valence-corrected chi connectivity index (χ0v) is 11.4. The van der Waals surface area contributed by atoms with Gasteiger partial charge in [0.15, 0.2) is 0 Å². The lowest BCUT2D eigenvalue weighted by atomic mass is 10.0. The van der Waals surface area contributed by atoms with E-state index in [1.54, 1.807) is 7.11 Å². The topological polar surface area (TPSA) is 56.3 Å². The Morgan fingerprint density at radius 2 is 2.44 bits per heavy atom. The molecule has 2 rings (SSSR count). The van der Waals surface area contributed by atoms with Crippen LogP contribution in [0.1, 0.15) is 31.4 Å².